The van der Waals surface area contributed by atoms with E-state index in [0.717, 1.165) is 27.2 Å². The number of nitrogens with zero attached hydrogens (tertiary/aromatic N) is 3. The highest BCUT2D eigenvalue weighted by atomic mass is 79.9. The highest BCUT2D eigenvalue weighted by molar-refractivity contribution is 9.10. The lowest BCUT2D eigenvalue weighted by atomic mass is 10.1. The molecule has 0 aliphatic heterocycles. The maximum Gasteiger partial charge on any atom is 0.341 e. The number of halogens is 1. The van der Waals surface area contributed by atoms with Gasteiger partial charge in [-0.05, 0) is 60.8 Å². The van der Waals surface area contributed by atoms with Crippen LogP contribution < -0.4 is 5.32 Å². The van der Waals surface area contributed by atoms with E-state index in [1.165, 1.54) is 4.90 Å². The van der Waals surface area contributed by atoms with Gasteiger partial charge in [0.25, 0.3) is 11.8 Å². The second-order valence-corrected chi connectivity index (χ2v) is 9.77. The van der Waals surface area contributed by atoms with E-state index in [9.17, 15) is 14.4 Å². The Bertz CT molecular complexity index is 1240. The van der Waals surface area contributed by atoms with Crippen molar-refractivity contribution in [2.24, 2.45) is 0 Å². The van der Waals surface area contributed by atoms with E-state index in [1.807, 2.05) is 20.8 Å². The van der Waals surface area contributed by atoms with Gasteiger partial charge in [0.2, 0.25) is 0 Å². The van der Waals surface area contributed by atoms with Gasteiger partial charge < -0.3 is 19.4 Å². The summed E-state index contributed by atoms with van der Waals surface area (Å²) in [4.78, 5) is 40.0. The number of thiophene rings is 1. The third-order valence-corrected chi connectivity index (χ3v) is 7.44. The molecule has 0 atom stereocenters. The summed E-state index contributed by atoms with van der Waals surface area (Å²) in [6.07, 6.45) is 0.654. The number of anilines is 1. The smallest absolute Gasteiger partial charge is 0.341 e. The molecule has 0 bridgehead atoms. The van der Waals surface area contributed by atoms with Crippen LogP contribution in [0, 0.1) is 20.8 Å². The number of carbonyl (C=O) groups excluding carboxylic acids is 3. The first-order valence-corrected chi connectivity index (χ1v) is 12.3. The Morgan fingerprint density at radius 3 is 2.53 bits per heavy atom. The molecule has 2 amide bonds. The van der Waals surface area contributed by atoms with Crippen molar-refractivity contribution < 1.29 is 23.5 Å². The number of furan rings is 1. The zero-order valence-electron chi connectivity index (χ0n) is 19.9. The van der Waals surface area contributed by atoms with Gasteiger partial charge in [0.15, 0.2) is 5.76 Å². The number of ether oxygens (including phenoxy) is 1. The molecule has 3 aromatic heterocycles. The van der Waals surface area contributed by atoms with Crippen molar-refractivity contribution in [3.8, 4) is 0 Å². The molecule has 0 aliphatic carbocycles. The van der Waals surface area contributed by atoms with Gasteiger partial charge in [0, 0.05) is 14.1 Å². The lowest BCUT2D eigenvalue weighted by Gasteiger charge is -2.09. The van der Waals surface area contributed by atoms with Crippen LogP contribution in [0.3, 0.4) is 0 Å². The molecule has 9 nitrogen and oxygen atoms in total. The normalized spacial score (nSPS) is 10.9. The zero-order chi connectivity index (χ0) is 25.2. The molecule has 1 N–H and O–H groups in total. The fourth-order valence-corrected chi connectivity index (χ4v) is 4.74. The average Bonchev–Trinajstić information content (AvgIpc) is 3.45. The second-order valence-electron chi connectivity index (χ2n) is 7.96. The van der Waals surface area contributed by atoms with Gasteiger partial charge in [0.05, 0.1) is 39.5 Å². The van der Waals surface area contributed by atoms with Crippen LogP contribution in [0.15, 0.2) is 21.0 Å². The summed E-state index contributed by atoms with van der Waals surface area (Å²) in [6, 6.07) is 3.27. The van der Waals surface area contributed by atoms with Crippen LogP contribution in [0.1, 0.15) is 66.6 Å². The van der Waals surface area contributed by atoms with Crippen molar-refractivity contribution in [1.29, 1.82) is 0 Å². The maximum atomic E-state index is 12.9. The number of hydrogen-bond donors (Lipinski definition) is 1. The van der Waals surface area contributed by atoms with Gasteiger partial charge in [-0.3, -0.25) is 14.3 Å². The molecule has 3 heterocycles. The minimum Gasteiger partial charge on any atom is -0.462 e. The Morgan fingerprint density at radius 1 is 1.24 bits per heavy atom. The van der Waals surface area contributed by atoms with Gasteiger partial charge in [0.1, 0.15) is 10.8 Å². The zero-order valence-corrected chi connectivity index (χ0v) is 22.3. The van der Waals surface area contributed by atoms with Crippen LogP contribution in [0.25, 0.3) is 0 Å². The molecule has 0 aliphatic rings. The molecule has 3 aromatic rings. The maximum absolute atomic E-state index is 12.9. The predicted molar refractivity (Wildman–Crippen MR) is 133 cm³/mol. The minimum absolute atomic E-state index is 0.0787. The Kier molecular flexibility index (Phi) is 7.98. The molecular weight excluding hydrogens is 524 g/mol. The number of aromatic nitrogens is 2. The molecule has 0 fully saturated rings. The molecule has 11 heteroatoms. The molecule has 0 saturated heterocycles. The van der Waals surface area contributed by atoms with Crippen LogP contribution in [0.4, 0.5) is 5.00 Å². The average molecular weight is 551 g/mol. The Hall–Kier alpha value is -2.92. The highest BCUT2D eigenvalue weighted by Crippen LogP contribution is 2.35. The fourth-order valence-electron chi connectivity index (χ4n) is 3.25. The Morgan fingerprint density at radius 2 is 1.94 bits per heavy atom. The fraction of sp³-hybridized carbons (Fsp3) is 0.391. The lowest BCUT2D eigenvalue weighted by molar-refractivity contribution is 0.0506. The number of aryl methyl sites for hydroxylation is 1. The third kappa shape index (κ3) is 5.25. The van der Waals surface area contributed by atoms with E-state index in [2.05, 4.69) is 26.3 Å². The molecule has 0 spiro atoms. The van der Waals surface area contributed by atoms with Crippen molar-refractivity contribution in [3.63, 3.8) is 0 Å². The standard InChI is InChI=1S/C23H27BrN4O5S/c1-7-10-32-23(31)17-12(2)19(22(30)27(5)6)34-21(17)25-20(29)16-9-8-15(33-16)11-28-14(4)18(24)13(3)26-28/h8-9H,7,10-11H2,1-6H3,(H,25,29). The van der Waals surface area contributed by atoms with Crippen molar-refractivity contribution >= 4 is 50.1 Å². The molecule has 0 saturated carbocycles. The summed E-state index contributed by atoms with van der Waals surface area (Å²) >= 11 is 4.54. The third-order valence-electron chi connectivity index (χ3n) is 5.10. The van der Waals surface area contributed by atoms with E-state index in [-0.39, 0.29) is 28.8 Å². The number of esters is 1. The van der Waals surface area contributed by atoms with Crippen molar-refractivity contribution in [1.82, 2.24) is 14.7 Å². The second kappa shape index (κ2) is 10.6. The minimum atomic E-state index is -0.584. The predicted octanol–water partition coefficient (Wildman–Crippen LogP) is 4.79. The number of hydrogen-bond acceptors (Lipinski definition) is 7. The van der Waals surface area contributed by atoms with E-state index in [0.29, 0.717) is 29.2 Å². The van der Waals surface area contributed by atoms with Gasteiger partial charge in [-0.1, -0.05) is 6.92 Å². The van der Waals surface area contributed by atoms with Crippen LogP contribution in [0.5, 0.6) is 0 Å². The summed E-state index contributed by atoms with van der Waals surface area (Å²) in [5.74, 6) is -0.745. The van der Waals surface area contributed by atoms with Gasteiger partial charge in [-0.15, -0.1) is 11.3 Å². The molecule has 182 valence electrons. The van der Waals surface area contributed by atoms with Crippen LogP contribution in [-0.2, 0) is 11.3 Å². The number of amides is 2. The van der Waals surface area contributed by atoms with Crippen molar-refractivity contribution in [2.45, 2.75) is 40.7 Å². The van der Waals surface area contributed by atoms with Gasteiger partial charge in [-0.2, -0.15) is 5.10 Å². The molecule has 0 unspecified atom stereocenters. The Balaban J connectivity index is 1.86. The summed E-state index contributed by atoms with van der Waals surface area (Å²) in [5.41, 5.74) is 2.45. The van der Waals surface area contributed by atoms with E-state index in [4.69, 9.17) is 9.15 Å². The molecular formula is C23H27BrN4O5S. The SMILES string of the molecule is CCCOC(=O)c1c(NC(=O)c2ccc(Cn3nc(C)c(Br)c3C)o2)sc(C(=O)N(C)C)c1C. The lowest BCUT2D eigenvalue weighted by Crippen LogP contribution is -2.21. The Labute approximate surface area is 210 Å². The molecule has 0 aromatic carbocycles. The van der Waals surface area contributed by atoms with Crippen LogP contribution >= 0.6 is 27.3 Å². The molecule has 0 radical (unpaired) electrons. The van der Waals surface area contributed by atoms with Gasteiger partial charge >= 0.3 is 5.97 Å². The summed E-state index contributed by atoms with van der Waals surface area (Å²) in [7, 11) is 3.25. The van der Waals surface area contributed by atoms with E-state index < -0.39 is 11.9 Å². The van der Waals surface area contributed by atoms with Crippen molar-refractivity contribution in [2.75, 3.05) is 26.0 Å². The van der Waals surface area contributed by atoms with E-state index >= 15 is 0 Å². The first kappa shape index (κ1) is 25.7. The first-order chi connectivity index (χ1) is 16.0. The first-order valence-electron chi connectivity index (χ1n) is 10.7. The molecule has 34 heavy (non-hydrogen) atoms. The summed E-state index contributed by atoms with van der Waals surface area (Å²) in [6.45, 7) is 7.99. The summed E-state index contributed by atoms with van der Waals surface area (Å²) in [5, 5.41) is 7.42. The van der Waals surface area contributed by atoms with Crippen molar-refractivity contribution in [3.05, 3.63) is 55.5 Å². The topological polar surface area (TPSA) is 107 Å². The molecule has 3 rings (SSSR count). The highest BCUT2D eigenvalue weighted by Gasteiger charge is 2.28. The van der Waals surface area contributed by atoms with Gasteiger partial charge in [-0.25, -0.2) is 4.79 Å². The summed E-state index contributed by atoms with van der Waals surface area (Å²) < 4.78 is 13.7. The number of carbonyl (C=O) groups is 3. The van der Waals surface area contributed by atoms with Crippen LogP contribution in [-0.4, -0.2) is 53.2 Å². The quantitative estimate of drug-likeness (QED) is 0.404. The monoisotopic (exact) mass is 550 g/mol. The van der Waals surface area contributed by atoms with E-state index in [1.54, 1.807) is 37.8 Å². The largest absolute Gasteiger partial charge is 0.462 e. The number of rotatable bonds is 8. The number of nitrogens with one attached hydrogen (secondary N) is 1. The van der Waals surface area contributed by atoms with Crippen LogP contribution in [0.2, 0.25) is 0 Å².